The van der Waals surface area contributed by atoms with Gasteiger partial charge in [0.1, 0.15) is 0 Å². The van der Waals surface area contributed by atoms with Crippen molar-refractivity contribution in [2.45, 2.75) is 0 Å². The van der Waals surface area contributed by atoms with Crippen LogP contribution in [0.1, 0.15) is 20.7 Å². The monoisotopic (exact) mass is 263 g/mol. The number of amides is 1. The Morgan fingerprint density at radius 3 is 2.42 bits per heavy atom. The Morgan fingerprint density at radius 1 is 1.16 bits per heavy atom. The van der Waals surface area contributed by atoms with Gasteiger partial charge in [0.05, 0.1) is 5.56 Å². The predicted octanol–water partition coefficient (Wildman–Crippen LogP) is 0.277. The van der Waals surface area contributed by atoms with E-state index in [2.05, 4.69) is 10.3 Å². The van der Waals surface area contributed by atoms with Gasteiger partial charge in [-0.15, -0.1) is 0 Å². The second kappa shape index (κ2) is 5.81. The average Bonchev–Trinajstić information content (AvgIpc) is 2.41. The lowest BCUT2D eigenvalue weighted by Gasteiger charge is -2.32. The smallest absolute Gasteiger partial charge is 0.335 e. The van der Waals surface area contributed by atoms with Crippen LogP contribution >= 0.6 is 0 Å². The molecule has 1 aliphatic rings. The van der Waals surface area contributed by atoms with Crippen molar-refractivity contribution in [1.82, 2.24) is 15.3 Å². The van der Waals surface area contributed by atoms with Crippen molar-refractivity contribution in [3.8, 4) is 0 Å². The molecule has 1 heterocycles. The Labute approximate surface area is 111 Å². The van der Waals surface area contributed by atoms with Gasteiger partial charge in [-0.1, -0.05) is 6.07 Å². The van der Waals surface area contributed by atoms with Crippen LogP contribution in [-0.4, -0.2) is 60.1 Å². The summed E-state index contributed by atoms with van der Waals surface area (Å²) in [5.74, 6) is -1.30. The fourth-order valence-corrected chi connectivity index (χ4v) is 1.92. The van der Waals surface area contributed by atoms with Gasteiger partial charge in [-0.05, 0) is 25.2 Å². The van der Waals surface area contributed by atoms with Crippen LogP contribution in [0.3, 0.4) is 0 Å². The lowest BCUT2D eigenvalue weighted by Crippen LogP contribution is -2.52. The molecule has 6 heteroatoms. The number of benzene rings is 1. The maximum atomic E-state index is 12.0. The molecule has 0 atom stereocenters. The summed E-state index contributed by atoms with van der Waals surface area (Å²) in [5.41, 5.74) is 3.27. The summed E-state index contributed by atoms with van der Waals surface area (Å²) in [6.45, 7) is 3.33. The third kappa shape index (κ3) is 3.52. The number of rotatable bonds is 3. The van der Waals surface area contributed by atoms with E-state index >= 15 is 0 Å². The normalized spacial score (nSPS) is 17.1. The van der Waals surface area contributed by atoms with Crippen LogP contribution in [0.25, 0.3) is 0 Å². The number of carboxylic acids is 1. The first-order valence-corrected chi connectivity index (χ1v) is 6.14. The van der Waals surface area contributed by atoms with Crippen molar-refractivity contribution in [2.24, 2.45) is 0 Å². The molecule has 102 valence electrons. The number of hydrogen-bond acceptors (Lipinski definition) is 4. The first-order valence-electron chi connectivity index (χ1n) is 6.14. The number of carbonyl (C=O) groups is 2. The minimum absolute atomic E-state index is 0.117. The molecule has 2 rings (SSSR count). The van der Waals surface area contributed by atoms with Gasteiger partial charge in [0.2, 0.25) is 0 Å². The van der Waals surface area contributed by atoms with Crippen LogP contribution in [-0.2, 0) is 0 Å². The van der Waals surface area contributed by atoms with Crippen molar-refractivity contribution in [3.63, 3.8) is 0 Å². The molecule has 1 saturated heterocycles. The lowest BCUT2D eigenvalue weighted by molar-refractivity contribution is 0.0662. The zero-order valence-electron chi connectivity index (χ0n) is 10.8. The molecule has 0 aromatic heterocycles. The summed E-state index contributed by atoms with van der Waals surface area (Å²) in [4.78, 5) is 25.1. The van der Waals surface area contributed by atoms with E-state index in [4.69, 9.17) is 5.11 Å². The van der Waals surface area contributed by atoms with Crippen LogP contribution in [0, 0.1) is 0 Å². The van der Waals surface area contributed by atoms with Gasteiger partial charge in [0.15, 0.2) is 0 Å². The van der Waals surface area contributed by atoms with Crippen molar-refractivity contribution < 1.29 is 14.7 Å². The van der Waals surface area contributed by atoms with Gasteiger partial charge in [-0.25, -0.2) is 9.80 Å². The second-order valence-corrected chi connectivity index (χ2v) is 4.62. The highest BCUT2D eigenvalue weighted by Crippen LogP contribution is 2.06. The maximum absolute atomic E-state index is 12.0. The van der Waals surface area contributed by atoms with Crippen molar-refractivity contribution >= 4 is 11.9 Å². The molecule has 0 saturated carbocycles. The minimum atomic E-state index is -1.03. The summed E-state index contributed by atoms with van der Waals surface area (Å²) in [6, 6.07) is 6.03. The van der Waals surface area contributed by atoms with Gasteiger partial charge < -0.3 is 10.0 Å². The minimum Gasteiger partial charge on any atom is -0.478 e. The number of hydrazine groups is 1. The van der Waals surface area contributed by atoms with E-state index in [1.165, 1.54) is 12.1 Å². The fourth-order valence-electron chi connectivity index (χ4n) is 1.92. The van der Waals surface area contributed by atoms with E-state index in [1.54, 1.807) is 12.1 Å². The number of carbonyl (C=O) groups excluding carboxylic acids is 1. The standard InChI is InChI=1S/C13H17N3O3/c1-15-5-7-16(8-6-15)14-12(17)10-3-2-4-11(9-10)13(18)19/h2-4,9H,5-8H2,1H3,(H,14,17)(H,18,19). The molecule has 0 aliphatic carbocycles. The molecule has 1 amide bonds. The summed E-state index contributed by atoms with van der Waals surface area (Å²) in [5, 5.41) is 10.8. The number of carboxylic acid groups (broad SMARTS) is 1. The van der Waals surface area contributed by atoms with E-state index < -0.39 is 5.97 Å². The zero-order chi connectivity index (χ0) is 13.8. The van der Waals surface area contributed by atoms with Gasteiger partial charge >= 0.3 is 5.97 Å². The largest absolute Gasteiger partial charge is 0.478 e. The first-order chi connectivity index (χ1) is 9.06. The molecular weight excluding hydrogens is 246 g/mol. The van der Waals surface area contributed by atoms with Gasteiger partial charge in [0, 0.05) is 31.7 Å². The van der Waals surface area contributed by atoms with E-state index in [1.807, 2.05) is 12.1 Å². The van der Waals surface area contributed by atoms with Crippen molar-refractivity contribution in [1.29, 1.82) is 0 Å². The molecule has 0 unspecified atom stereocenters. The Bertz CT molecular complexity index is 482. The van der Waals surface area contributed by atoms with Crippen LogP contribution in [0.2, 0.25) is 0 Å². The first kappa shape index (κ1) is 13.5. The Kier molecular flexibility index (Phi) is 4.13. The van der Waals surface area contributed by atoms with Crippen molar-refractivity contribution in [3.05, 3.63) is 35.4 Å². The topological polar surface area (TPSA) is 72.9 Å². The number of hydrogen-bond donors (Lipinski definition) is 2. The van der Waals surface area contributed by atoms with Crippen LogP contribution in [0.5, 0.6) is 0 Å². The highest BCUT2D eigenvalue weighted by atomic mass is 16.4. The van der Waals surface area contributed by atoms with Crippen LogP contribution < -0.4 is 5.43 Å². The molecule has 1 aromatic carbocycles. The van der Waals surface area contributed by atoms with Crippen LogP contribution in [0.15, 0.2) is 24.3 Å². The number of piperazine rings is 1. The molecule has 0 spiro atoms. The molecular formula is C13H17N3O3. The van der Waals surface area contributed by atoms with Gasteiger partial charge in [0.25, 0.3) is 5.91 Å². The summed E-state index contributed by atoms with van der Waals surface area (Å²) in [7, 11) is 2.04. The molecule has 6 nitrogen and oxygen atoms in total. The number of nitrogens with zero attached hydrogens (tertiary/aromatic N) is 2. The summed E-state index contributed by atoms with van der Waals surface area (Å²) >= 11 is 0. The van der Waals surface area contributed by atoms with E-state index in [0.29, 0.717) is 5.56 Å². The molecule has 19 heavy (non-hydrogen) atoms. The molecule has 2 N–H and O–H groups in total. The molecule has 0 bridgehead atoms. The summed E-state index contributed by atoms with van der Waals surface area (Å²) < 4.78 is 0. The number of nitrogens with one attached hydrogen (secondary N) is 1. The third-order valence-electron chi connectivity index (χ3n) is 3.13. The number of likely N-dealkylation sites (N-methyl/N-ethyl adjacent to an activating group) is 1. The lowest BCUT2D eigenvalue weighted by atomic mass is 10.1. The van der Waals surface area contributed by atoms with E-state index in [0.717, 1.165) is 26.2 Å². The average molecular weight is 263 g/mol. The predicted molar refractivity (Wildman–Crippen MR) is 69.9 cm³/mol. The van der Waals surface area contributed by atoms with Gasteiger partial charge in [-0.2, -0.15) is 0 Å². The van der Waals surface area contributed by atoms with E-state index in [9.17, 15) is 9.59 Å². The molecule has 1 aliphatic heterocycles. The molecule has 0 radical (unpaired) electrons. The number of aromatic carboxylic acids is 1. The fraction of sp³-hybridized carbons (Fsp3) is 0.385. The van der Waals surface area contributed by atoms with Gasteiger partial charge in [-0.3, -0.25) is 10.2 Å². The Hall–Kier alpha value is -1.92. The molecule has 1 fully saturated rings. The maximum Gasteiger partial charge on any atom is 0.335 e. The quantitative estimate of drug-likeness (QED) is 0.819. The molecule has 1 aromatic rings. The summed E-state index contributed by atoms with van der Waals surface area (Å²) in [6.07, 6.45) is 0. The van der Waals surface area contributed by atoms with Crippen molar-refractivity contribution in [2.75, 3.05) is 33.2 Å². The highest BCUT2D eigenvalue weighted by molar-refractivity contribution is 5.97. The Balaban J connectivity index is 2.00. The van der Waals surface area contributed by atoms with E-state index in [-0.39, 0.29) is 11.5 Å². The third-order valence-corrected chi connectivity index (χ3v) is 3.13. The second-order valence-electron chi connectivity index (χ2n) is 4.62. The Morgan fingerprint density at radius 2 is 1.79 bits per heavy atom. The highest BCUT2D eigenvalue weighted by Gasteiger charge is 2.17. The van der Waals surface area contributed by atoms with Crippen LogP contribution in [0.4, 0.5) is 0 Å². The zero-order valence-corrected chi connectivity index (χ0v) is 10.8. The SMILES string of the molecule is CN1CCN(NC(=O)c2cccc(C(=O)O)c2)CC1.